The van der Waals surface area contributed by atoms with Crippen LogP contribution in [-0.4, -0.2) is 16.0 Å². The van der Waals surface area contributed by atoms with Gasteiger partial charge in [-0.3, -0.25) is 14.9 Å². The van der Waals surface area contributed by atoms with Crippen LogP contribution in [0.4, 0.5) is 14.5 Å². The summed E-state index contributed by atoms with van der Waals surface area (Å²) in [6.45, 7) is 0. The smallest absolute Gasteiger partial charge is 0.308 e. The number of benzene rings is 1. The van der Waals surface area contributed by atoms with Gasteiger partial charge in [-0.05, 0) is 0 Å². The molecule has 1 rings (SSSR count). The highest BCUT2D eigenvalue weighted by Gasteiger charge is 2.22. The van der Waals surface area contributed by atoms with Crippen molar-refractivity contribution in [1.29, 1.82) is 0 Å². The summed E-state index contributed by atoms with van der Waals surface area (Å²) in [5, 5.41) is 18.8. The summed E-state index contributed by atoms with van der Waals surface area (Å²) in [6.07, 6.45) is -0.859. The summed E-state index contributed by atoms with van der Waals surface area (Å²) in [5.41, 5.74) is -1.50. The molecular weight excluding hydrogens is 212 g/mol. The van der Waals surface area contributed by atoms with E-state index in [0.717, 1.165) is 0 Å². The van der Waals surface area contributed by atoms with Gasteiger partial charge in [0.05, 0.1) is 23.0 Å². The van der Waals surface area contributed by atoms with E-state index in [0.29, 0.717) is 12.1 Å². The van der Waals surface area contributed by atoms with Gasteiger partial charge in [0.1, 0.15) is 11.6 Å². The number of nitrogens with zero attached hydrogens (tertiary/aromatic N) is 1. The second-order valence-corrected chi connectivity index (χ2v) is 2.71. The molecule has 5 nitrogen and oxygen atoms in total. The fourth-order valence-corrected chi connectivity index (χ4v) is 1.08. The molecule has 0 heterocycles. The first-order valence-corrected chi connectivity index (χ1v) is 3.76. The number of hydrogen-bond acceptors (Lipinski definition) is 3. The number of carboxylic acid groups (broad SMARTS) is 1. The van der Waals surface area contributed by atoms with Gasteiger partial charge in [-0.25, -0.2) is 8.78 Å². The molecule has 15 heavy (non-hydrogen) atoms. The number of rotatable bonds is 3. The highest BCUT2D eigenvalue weighted by Crippen LogP contribution is 2.23. The van der Waals surface area contributed by atoms with Crippen LogP contribution in [0.3, 0.4) is 0 Å². The standard InChI is InChI=1S/C8H5F2NO4/c9-4-1-6(10)5(3-8(12)13)7(2-4)11(14)15/h1-2H,3H2,(H,12,13). The Morgan fingerprint density at radius 1 is 1.47 bits per heavy atom. The molecule has 1 aromatic carbocycles. The average Bonchev–Trinajstić information content (AvgIpc) is 2.08. The second kappa shape index (κ2) is 3.99. The fourth-order valence-electron chi connectivity index (χ4n) is 1.08. The highest BCUT2D eigenvalue weighted by molar-refractivity contribution is 5.72. The number of nitro groups is 1. The first-order valence-electron chi connectivity index (χ1n) is 3.76. The van der Waals surface area contributed by atoms with Crippen LogP contribution in [0.2, 0.25) is 0 Å². The largest absolute Gasteiger partial charge is 0.481 e. The maximum absolute atomic E-state index is 13.0. The number of halogens is 2. The molecule has 80 valence electrons. The van der Waals surface area contributed by atoms with Gasteiger partial charge in [-0.15, -0.1) is 0 Å². The molecule has 0 spiro atoms. The van der Waals surface area contributed by atoms with Crippen LogP contribution < -0.4 is 0 Å². The molecule has 0 atom stereocenters. The van der Waals surface area contributed by atoms with Crippen LogP contribution in [0.5, 0.6) is 0 Å². The fraction of sp³-hybridized carbons (Fsp3) is 0.125. The monoisotopic (exact) mass is 217 g/mol. The van der Waals surface area contributed by atoms with Gasteiger partial charge in [0, 0.05) is 6.07 Å². The molecule has 0 unspecified atom stereocenters. The van der Waals surface area contributed by atoms with Crippen molar-refractivity contribution in [3.05, 3.63) is 39.4 Å². The third-order valence-corrected chi connectivity index (χ3v) is 1.66. The lowest BCUT2D eigenvalue weighted by molar-refractivity contribution is -0.385. The summed E-state index contributed by atoms with van der Waals surface area (Å²) in [5.74, 6) is -3.78. The maximum atomic E-state index is 13.0. The van der Waals surface area contributed by atoms with Crippen LogP contribution in [0.25, 0.3) is 0 Å². The molecule has 0 aromatic heterocycles. The van der Waals surface area contributed by atoms with Gasteiger partial charge in [0.2, 0.25) is 0 Å². The Bertz CT molecular complexity index is 433. The van der Waals surface area contributed by atoms with Crippen molar-refractivity contribution in [2.75, 3.05) is 0 Å². The summed E-state index contributed by atoms with van der Waals surface area (Å²) >= 11 is 0. The second-order valence-electron chi connectivity index (χ2n) is 2.71. The van der Waals surface area contributed by atoms with Gasteiger partial charge in [-0.1, -0.05) is 0 Å². The molecule has 1 N–H and O–H groups in total. The molecule has 7 heteroatoms. The quantitative estimate of drug-likeness (QED) is 0.614. The molecule has 0 aliphatic rings. The van der Waals surface area contributed by atoms with E-state index >= 15 is 0 Å². The third kappa shape index (κ3) is 2.46. The SMILES string of the molecule is O=C(O)Cc1c(F)cc(F)cc1[N+](=O)[O-]. The van der Waals surface area contributed by atoms with E-state index < -0.39 is 40.2 Å². The highest BCUT2D eigenvalue weighted by atomic mass is 19.1. The minimum atomic E-state index is -1.43. The van der Waals surface area contributed by atoms with E-state index in [-0.39, 0.29) is 0 Å². The lowest BCUT2D eigenvalue weighted by Crippen LogP contribution is -2.07. The molecule has 0 fully saturated rings. The van der Waals surface area contributed by atoms with Crippen LogP contribution in [0.15, 0.2) is 12.1 Å². The van der Waals surface area contributed by atoms with E-state index in [2.05, 4.69) is 0 Å². The number of aliphatic carboxylic acids is 1. The number of carboxylic acids is 1. The van der Waals surface area contributed by atoms with E-state index in [4.69, 9.17) is 5.11 Å². The zero-order chi connectivity index (χ0) is 11.6. The van der Waals surface area contributed by atoms with Crippen molar-refractivity contribution >= 4 is 11.7 Å². The Morgan fingerprint density at radius 3 is 2.53 bits per heavy atom. The van der Waals surface area contributed by atoms with Crippen LogP contribution in [-0.2, 0) is 11.2 Å². The maximum Gasteiger partial charge on any atom is 0.308 e. The van der Waals surface area contributed by atoms with Crippen LogP contribution >= 0.6 is 0 Å². The average molecular weight is 217 g/mol. The predicted octanol–water partition coefficient (Wildman–Crippen LogP) is 1.50. The van der Waals surface area contributed by atoms with Gasteiger partial charge in [0.25, 0.3) is 5.69 Å². The van der Waals surface area contributed by atoms with Crippen LogP contribution in [0.1, 0.15) is 5.56 Å². The summed E-state index contributed by atoms with van der Waals surface area (Å²) in [4.78, 5) is 19.7. The van der Waals surface area contributed by atoms with Gasteiger partial charge in [-0.2, -0.15) is 0 Å². The van der Waals surface area contributed by atoms with Crippen LogP contribution in [0, 0.1) is 21.7 Å². The number of hydrogen-bond donors (Lipinski definition) is 1. The van der Waals surface area contributed by atoms with Crippen molar-refractivity contribution in [3.8, 4) is 0 Å². The Hall–Kier alpha value is -2.05. The zero-order valence-corrected chi connectivity index (χ0v) is 7.24. The first kappa shape index (κ1) is 11.0. The van der Waals surface area contributed by atoms with Crippen molar-refractivity contribution in [2.24, 2.45) is 0 Å². The summed E-state index contributed by atoms with van der Waals surface area (Å²) in [6, 6.07) is 0.895. The molecule has 0 saturated carbocycles. The minimum Gasteiger partial charge on any atom is -0.481 e. The van der Waals surface area contributed by atoms with Crippen molar-refractivity contribution in [1.82, 2.24) is 0 Å². The lowest BCUT2D eigenvalue weighted by atomic mass is 10.1. The van der Waals surface area contributed by atoms with Crippen molar-refractivity contribution in [2.45, 2.75) is 6.42 Å². The van der Waals surface area contributed by atoms with Gasteiger partial charge in [0.15, 0.2) is 0 Å². The lowest BCUT2D eigenvalue weighted by Gasteiger charge is -2.01. The molecule has 0 amide bonds. The van der Waals surface area contributed by atoms with E-state index in [1.54, 1.807) is 0 Å². The van der Waals surface area contributed by atoms with Crippen molar-refractivity contribution < 1.29 is 23.6 Å². The molecular formula is C8H5F2NO4. The Kier molecular flexibility index (Phi) is 2.93. The molecule has 0 saturated heterocycles. The normalized spacial score (nSPS) is 10.0. The van der Waals surface area contributed by atoms with Gasteiger partial charge < -0.3 is 5.11 Å². The Labute approximate surface area is 82.1 Å². The molecule has 0 aliphatic carbocycles. The Morgan fingerprint density at radius 2 is 2.07 bits per heavy atom. The Balaban J connectivity index is 3.33. The number of nitro benzene ring substituents is 1. The molecule has 1 aromatic rings. The first-order chi connectivity index (χ1) is 6.91. The zero-order valence-electron chi connectivity index (χ0n) is 7.24. The summed E-state index contributed by atoms with van der Waals surface area (Å²) < 4.78 is 25.6. The van der Waals surface area contributed by atoms with Crippen molar-refractivity contribution in [3.63, 3.8) is 0 Å². The predicted molar refractivity (Wildman–Crippen MR) is 44.4 cm³/mol. The minimum absolute atomic E-state index is 0.408. The number of carbonyl (C=O) groups is 1. The third-order valence-electron chi connectivity index (χ3n) is 1.66. The van der Waals surface area contributed by atoms with E-state index in [1.807, 2.05) is 0 Å². The molecule has 0 aliphatic heterocycles. The topological polar surface area (TPSA) is 80.4 Å². The summed E-state index contributed by atoms with van der Waals surface area (Å²) in [7, 11) is 0. The van der Waals surface area contributed by atoms with Gasteiger partial charge >= 0.3 is 5.97 Å². The molecule has 0 radical (unpaired) electrons. The molecule has 0 bridgehead atoms. The van der Waals surface area contributed by atoms with E-state index in [1.165, 1.54) is 0 Å². The van der Waals surface area contributed by atoms with E-state index in [9.17, 15) is 23.7 Å².